The van der Waals surface area contributed by atoms with Crippen LogP contribution in [0.3, 0.4) is 0 Å². The Bertz CT molecular complexity index is 866. The normalized spacial score (nSPS) is 12.5. The van der Waals surface area contributed by atoms with Gasteiger partial charge in [-0.25, -0.2) is 4.98 Å². The van der Waals surface area contributed by atoms with E-state index in [9.17, 15) is 26.7 Å². The van der Waals surface area contributed by atoms with E-state index in [0.29, 0.717) is 33.7 Å². The summed E-state index contributed by atoms with van der Waals surface area (Å²) in [6, 6.07) is 9.09. The van der Waals surface area contributed by atoms with Crippen LogP contribution in [-0.4, -0.2) is 10.8 Å². The van der Waals surface area contributed by atoms with Crippen molar-refractivity contribution in [2.75, 3.05) is 0 Å². The summed E-state index contributed by atoms with van der Waals surface area (Å²) in [5.74, 6) is -5.50. The third-order valence-electron chi connectivity index (χ3n) is 3.32. The lowest BCUT2D eigenvalue weighted by molar-refractivity contribution is -0.137. The molecular weight excluding hydrogens is 349 g/mol. The molecule has 3 aromatic rings. The molecule has 0 spiro atoms. The van der Waals surface area contributed by atoms with Crippen molar-refractivity contribution in [1.82, 2.24) is 4.98 Å². The highest BCUT2D eigenvalue weighted by atomic mass is 32.1. The number of thiazole rings is 1. The van der Waals surface area contributed by atoms with Crippen LogP contribution in [0.2, 0.25) is 0 Å². The first-order valence-electron chi connectivity index (χ1n) is 6.65. The highest BCUT2D eigenvalue weighted by Gasteiger charge is 2.44. The summed E-state index contributed by atoms with van der Waals surface area (Å²) in [5, 5.41) is -0.686. The highest BCUT2D eigenvalue weighted by molar-refractivity contribution is 7.18. The summed E-state index contributed by atoms with van der Waals surface area (Å²) in [6.07, 6.45) is -4.60. The molecule has 1 heterocycles. The Morgan fingerprint density at radius 1 is 0.917 bits per heavy atom. The van der Waals surface area contributed by atoms with Crippen molar-refractivity contribution in [2.24, 2.45) is 0 Å². The average Bonchev–Trinajstić information content (AvgIpc) is 2.98. The molecule has 0 atom stereocenters. The first kappa shape index (κ1) is 16.5. The Hall–Kier alpha value is -2.35. The van der Waals surface area contributed by atoms with E-state index in [1.54, 1.807) is 18.2 Å². The van der Waals surface area contributed by atoms with Crippen molar-refractivity contribution in [1.29, 1.82) is 0 Å². The lowest BCUT2D eigenvalue weighted by atomic mass is 10.0. The fourth-order valence-corrected chi connectivity index (χ4v) is 3.03. The molecule has 0 unspecified atom stereocenters. The Labute approximate surface area is 136 Å². The zero-order chi connectivity index (χ0) is 17.5. The molecule has 0 aliphatic carbocycles. The van der Waals surface area contributed by atoms with Gasteiger partial charge in [-0.15, -0.1) is 11.3 Å². The van der Waals surface area contributed by atoms with E-state index < -0.39 is 34.0 Å². The number of fused-ring (bicyclic) bond motifs is 1. The van der Waals surface area contributed by atoms with E-state index in [0.717, 1.165) is 12.1 Å². The predicted octanol–water partition coefficient (Wildman–Crippen LogP) is 5.29. The van der Waals surface area contributed by atoms with Crippen LogP contribution in [0, 0.1) is 0 Å². The van der Waals surface area contributed by atoms with Gasteiger partial charge in [0.2, 0.25) is 5.78 Å². The summed E-state index contributed by atoms with van der Waals surface area (Å²) >= 11 is 0.673. The molecule has 0 fully saturated rings. The zero-order valence-electron chi connectivity index (χ0n) is 11.8. The Kier molecular flexibility index (Phi) is 3.87. The maximum Gasteiger partial charge on any atom is 0.416 e. The van der Waals surface area contributed by atoms with E-state index in [1.165, 1.54) is 6.07 Å². The van der Waals surface area contributed by atoms with Crippen LogP contribution in [-0.2, 0) is 12.1 Å². The topological polar surface area (TPSA) is 30.0 Å². The molecular formula is C16H8F5NOS. The number of alkyl halides is 5. The van der Waals surface area contributed by atoms with Crippen LogP contribution in [0.5, 0.6) is 0 Å². The molecule has 0 radical (unpaired) electrons. The van der Waals surface area contributed by atoms with Crippen molar-refractivity contribution in [3.63, 3.8) is 0 Å². The third-order valence-corrected chi connectivity index (χ3v) is 4.43. The van der Waals surface area contributed by atoms with E-state index in [4.69, 9.17) is 0 Å². The summed E-state index contributed by atoms with van der Waals surface area (Å²) in [6.45, 7) is 0. The monoisotopic (exact) mass is 357 g/mol. The van der Waals surface area contributed by atoms with Crippen LogP contribution < -0.4 is 0 Å². The van der Waals surface area contributed by atoms with Gasteiger partial charge in [-0.2, -0.15) is 22.0 Å². The van der Waals surface area contributed by atoms with Gasteiger partial charge >= 0.3 is 12.1 Å². The first-order chi connectivity index (χ1) is 11.2. The summed E-state index contributed by atoms with van der Waals surface area (Å²) in [5.41, 5.74) is -1.19. The second-order valence-electron chi connectivity index (χ2n) is 4.97. The maximum absolute atomic E-state index is 14.4. The first-order valence-corrected chi connectivity index (χ1v) is 7.47. The molecule has 2 nitrogen and oxygen atoms in total. The molecule has 0 bridgehead atoms. The van der Waals surface area contributed by atoms with E-state index in [-0.39, 0.29) is 0 Å². The van der Waals surface area contributed by atoms with Gasteiger partial charge in [0.05, 0.1) is 15.8 Å². The third kappa shape index (κ3) is 2.89. The second-order valence-corrected chi connectivity index (χ2v) is 6.00. The van der Waals surface area contributed by atoms with Crippen molar-refractivity contribution in [2.45, 2.75) is 12.1 Å². The molecule has 0 saturated heterocycles. The molecule has 124 valence electrons. The van der Waals surface area contributed by atoms with Crippen LogP contribution in [0.25, 0.3) is 10.2 Å². The van der Waals surface area contributed by atoms with E-state index in [2.05, 4.69) is 4.98 Å². The van der Waals surface area contributed by atoms with E-state index >= 15 is 0 Å². The minimum atomic E-state index is -4.60. The Balaban J connectivity index is 1.95. The molecule has 2 aromatic carbocycles. The lowest BCUT2D eigenvalue weighted by Crippen LogP contribution is -2.26. The van der Waals surface area contributed by atoms with E-state index in [1.807, 2.05) is 0 Å². The van der Waals surface area contributed by atoms with Gasteiger partial charge in [-0.3, -0.25) is 4.79 Å². The van der Waals surface area contributed by atoms with Crippen molar-refractivity contribution in [3.8, 4) is 0 Å². The number of hydrogen-bond acceptors (Lipinski definition) is 3. The maximum atomic E-state index is 14.4. The molecule has 0 N–H and O–H groups in total. The summed E-state index contributed by atoms with van der Waals surface area (Å²) < 4.78 is 66.8. The molecule has 8 heteroatoms. The molecule has 0 saturated carbocycles. The number of halogens is 5. The van der Waals surface area contributed by atoms with Gasteiger partial charge in [0, 0.05) is 5.56 Å². The SMILES string of the molecule is O=C(c1ccc(C(F)(F)F)cc1)C(F)(F)c1nc2ccccc2s1. The predicted molar refractivity (Wildman–Crippen MR) is 79.3 cm³/mol. The van der Waals surface area contributed by atoms with Crippen molar-refractivity contribution in [3.05, 3.63) is 64.7 Å². The van der Waals surface area contributed by atoms with Gasteiger partial charge in [-0.1, -0.05) is 24.3 Å². The van der Waals surface area contributed by atoms with Crippen LogP contribution in [0.15, 0.2) is 48.5 Å². The van der Waals surface area contributed by atoms with Gasteiger partial charge in [0.15, 0.2) is 5.01 Å². The smallest absolute Gasteiger partial charge is 0.287 e. The zero-order valence-corrected chi connectivity index (χ0v) is 12.6. The van der Waals surface area contributed by atoms with Crippen molar-refractivity contribution < 1.29 is 26.7 Å². The summed E-state index contributed by atoms with van der Waals surface area (Å²) in [7, 11) is 0. The molecule has 24 heavy (non-hydrogen) atoms. The van der Waals surface area contributed by atoms with Crippen LogP contribution in [0.4, 0.5) is 22.0 Å². The quantitative estimate of drug-likeness (QED) is 0.471. The molecule has 0 aliphatic heterocycles. The largest absolute Gasteiger partial charge is 0.416 e. The standard InChI is InChI=1S/C16H8F5NOS/c17-15(18,14-22-11-3-1-2-4-12(11)24-14)13(23)9-5-7-10(8-6-9)16(19,20)21/h1-8H. The molecule has 1 aromatic heterocycles. The number of Topliss-reactive ketones (excluding diaryl/α,β-unsaturated/α-hetero) is 1. The van der Waals surface area contributed by atoms with Gasteiger partial charge < -0.3 is 0 Å². The van der Waals surface area contributed by atoms with Crippen LogP contribution >= 0.6 is 11.3 Å². The van der Waals surface area contributed by atoms with Gasteiger partial charge in [0.25, 0.3) is 0 Å². The minimum absolute atomic E-state index is 0.331. The lowest BCUT2D eigenvalue weighted by Gasteiger charge is -2.13. The highest BCUT2D eigenvalue weighted by Crippen LogP contribution is 2.37. The number of benzene rings is 2. The fourth-order valence-electron chi connectivity index (χ4n) is 2.10. The van der Waals surface area contributed by atoms with Gasteiger partial charge in [0.1, 0.15) is 0 Å². The Morgan fingerprint density at radius 3 is 2.12 bits per heavy atom. The van der Waals surface area contributed by atoms with Gasteiger partial charge in [-0.05, 0) is 24.3 Å². The fraction of sp³-hybridized carbons (Fsp3) is 0.125. The number of carbonyl (C=O) groups is 1. The number of aromatic nitrogens is 1. The average molecular weight is 357 g/mol. The number of para-hydroxylation sites is 1. The van der Waals surface area contributed by atoms with Crippen molar-refractivity contribution >= 4 is 27.3 Å². The molecule has 0 aliphatic rings. The van der Waals surface area contributed by atoms with Crippen LogP contribution in [0.1, 0.15) is 20.9 Å². The number of rotatable bonds is 3. The Morgan fingerprint density at radius 2 is 1.54 bits per heavy atom. The summed E-state index contributed by atoms with van der Waals surface area (Å²) in [4.78, 5) is 15.8. The number of nitrogens with zero attached hydrogens (tertiary/aromatic N) is 1. The number of ketones is 1. The second kappa shape index (κ2) is 5.62. The molecule has 0 amide bonds. The number of hydrogen-bond donors (Lipinski definition) is 0. The minimum Gasteiger partial charge on any atom is -0.287 e. The number of carbonyl (C=O) groups excluding carboxylic acids is 1. The molecule has 3 rings (SSSR count).